The van der Waals surface area contributed by atoms with Gasteiger partial charge in [0.15, 0.2) is 17.3 Å². The molecule has 266 valence electrons. The van der Waals surface area contributed by atoms with Crippen molar-refractivity contribution in [2.75, 3.05) is 0 Å². The number of aromatic hydroxyl groups is 1. The molecule has 8 unspecified atom stereocenters. The second-order valence-corrected chi connectivity index (χ2v) is 16.2. The maximum absolute atomic E-state index is 14.3. The van der Waals surface area contributed by atoms with Gasteiger partial charge in [0.05, 0.1) is 29.5 Å². The molecule has 9 nitrogen and oxygen atoms in total. The zero-order valence-electron chi connectivity index (χ0n) is 30.4. The van der Waals surface area contributed by atoms with Crippen molar-refractivity contribution < 1.29 is 43.3 Å². The minimum atomic E-state index is -1.17. The molecule has 0 bridgehead atoms. The van der Waals surface area contributed by atoms with Gasteiger partial charge in [0.2, 0.25) is 5.78 Å². The van der Waals surface area contributed by atoms with Crippen molar-refractivity contribution in [1.29, 1.82) is 0 Å². The summed E-state index contributed by atoms with van der Waals surface area (Å²) in [6.07, 6.45) is 9.86. The highest BCUT2D eigenvalue weighted by Gasteiger charge is 2.89. The molecule has 50 heavy (non-hydrogen) atoms. The highest BCUT2D eigenvalue weighted by atomic mass is 16.6. The number of allylic oxidation sites excluding steroid dienone is 6. The zero-order chi connectivity index (χ0) is 36.8. The summed E-state index contributed by atoms with van der Waals surface area (Å²) >= 11 is 0. The van der Waals surface area contributed by atoms with Crippen LogP contribution in [0.3, 0.4) is 0 Å². The van der Waals surface area contributed by atoms with Gasteiger partial charge in [-0.15, -0.1) is 0 Å². The molecule has 1 aromatic carbocycles. The lowest BCUT2D eigenvalue weighted by Crippen LogP contribution is -2.70. The third-order valence-electron chi connectivity index (χ3n) is 12.6. The van der Waals surface area contributed by atoms with Crippen LogP contribution in [-0.4, -0.2) is 51.3 Å². The van der Waals surface area contributed by atoms with Crippen molar-refractivity contribution in [3.8, 4) is 5.75 Å². The van der Waals surface area contributed by atoms with Crippen molar-refractivity contribution >= 4 is 23.3 Å². The van der Waals surface area contributed by atoms with Gasteiger partial charge < -0.3 is 24.1 Å². The highest BCUT2D eigenvalue weighted by molar-refractivity contribution is 6.06. The number of phenols is 1. The van der Waals surface area contributed by atoms with Crippen LogP contribution in [0.4, 0.5) is 0 Å². The summed E-state index contributed by atoms with van der Waals surface area (Å²) in [5.74, 6) is -1.57. The lowest BCUT2D eigenvalue weighted by molar-refractivity contribution is -0.200. The second-order valence-electron chi connectivity index (χ2n) is 16.2. The van der Waals surface area contributed by atoms with Crippen LogP contribution in [0.15, 0.2) is 76.3 Å². The average Bonchev–Trinajstić information content (AvgIpc) is 3.39. The van der Waals surface area contributed by atoms with Crippen molar-refractivity contribution in [2.24, 2.45) is 27.6 Å². The maximum atomic E-state index is 14.3. The molecular formula is C41H48O9. The Bertz CT molecular complexity index is 1870. The molecule has 1 aliphatic heterocycles. The number of aliphatic hydroxyl groups is 1. The van der Waals surface area contributed by atoms with Gasteiger partial charge in [0.1, 0.15) is 17.5 Å². The Balaban J connectivity index is 0.000000243. The standard InChI is InChI=1S/C28H32O7.C13H16O2/c1-14(29)34-17-12-26(5)16(15-8-10-33-13-15)11-19-28(26,35-19)27(6)21(17)25(4)9-7-18(30)24(2,3)22(25)20(31)23(27)32;1-9(2)4-5-12-8-11(10(3)14)6-7-13(12)15/h7-10,13,16-17,19,21,31H,11-12H2,1-6H3;4,6-8,15H,5H2,1-3H3. The van der Waals surface area contributed by atoms with Crippen LogP contribution in [0.2, 0.25) is 0 Å². The van der Waals surface area contributed by atoms with Crippen molar-refractivity contribution in [3.05, 3.63) is 88.6 Å². The highest BCUT2D eigenvalue weighted by Crippen LogP contribution is 2.81. The lowest BCUT2D eigenvalue weighted by atomic mass is 9.38. The summed E-state index contributed by atoms with van der Waals surface area (Å²) < 4.78 is 17.9. The minimum Gasteiger partial charge on any atom is -0.508 e. The number of Topliss-reactive ketones (excluding diaryl/α,β-unsaturated/α-hetero) is 2. The van der Waals surface area contributed by atoms with Crippen molar-refractivity contribution in [2.45, 2.75) is 105 Å². The fourth-order valence-corrected chi connectivity index (χ4v) is 10.5. The van der Waals surface area contributed by atoms with E-state index in [1.165, 1.54) is 19.4 Å². The zero-order valence-corrected chi connectivity index (χ0v) is 30.4. The number of benzene rings is 1. The summed E-state index contributed by atoms with van der Waals surface area (Å²) in [7, 11) is 0. The lowest BCUT2D eigenvalue weighted by Gasteiger charge is -2.64. The van der Waals surface area contributed by atoms with E-state index in [2.05, 4.69) is 6.92 Å². The van der Waals surface area contributed by atoms with E-state index in [0.29, 0.717) is 30.4 Å². The molecule has 0 radical (unpaired) electrons. The number of esters is 1. The van der Waals surface area contributed by atoms with Crippen LogP contribution in [0, 0.1) is 27.6 Å². The van der Waals surface area contributed by atoms with E-state index in [9.17, 15) is 29.4 Å². The predicted octanol–water partition coefficient (Wildman–Crippen LogP) is 7.54. The molecule has 1 spiro atoms. The number of rotatable bonds is 5. The van der Waals surface area contributed by atoms with E-state index in [1.807, 2.05) is 39.8 Å². The first-order valence-corrected chi connectivity index (χ1v) is 17.3. The smallest absolute Gasteiger partial charge is 0.302 e. The molecule has 5 aliphatic rings. The Labute approximate surface area is 293 Å². The molecule has 2 N–H and O–H groups in total. The Hall–Kier alpha value is -4.24. The van der Waals surface area contributed by atoms with Crippen molar-refractivity contribution in [3.63, 3.8) is 0 Å². The third-order valence-corrected chi connectivity index (χ3v) is 12.6. The van der Waals surface area contributed by atoms with Gasteiger partial charge in [-0.2, -0.15) is 0 Å². The normalized spacial score (nSPS) is 35.9. The van der Waals surface area contributed by atoms with Crippen LogP contribution in [-0.2, 0) is 30.3 Å². The van der Waals surface area contributed by atoms with E-state index in [0.717, 1.165) is 11.1 Å². The first kappa shape index (κ1) is 35.6. The Kier molecular flexibility index (Phi) is 8.29. The summed E-state index contributed by atoms with van der Waals surface area (Å²) in [5.41, 5.74) is -0.423. The van der Waals surface area contributed by atoms with Crippen LogP contribution < -0.4 is 0 Å². The number of carbonyl (C=O) groups is 4. The quantitative estimate of drug-likeness (QED) is 0.141. The number of ether oxygens (including phenoxy) is 2. The molecule has 1 saturated heterocycles. The maximum Gasteiger partial charge on any atom is 0.302 e. The molecule has 8 atom stereocenters. The van der Waals surface area contributed by atoms with E-state index >= 15 is 0 Å². The third kappa shape index (κ3) is 4.83. The molecule has 2 saturated carbocycles. The van der Waals surface area contributed by atoms with Gasteiger partial charge >= 0.3 is 5.97 Å². The fraction of sp³-hybridized carbons (Fsp3) is 0.512. The molecule has 2 aromatic rings. The topological polar surface area (TPSA) is 144 Å². The minimum absolute atomic E-state index is 0.0217. The van der Waals surface area contributed by atoms with E-state index in [-0.39, 0.29) is 35.1 Å². The number of hydrogen-bond acceptors (Lipinski definition) is 9. The van der Waals surface area contributed by atoms with Crippen LogP contribution >= 0.6 is 0 Å². The predicted molar refractivity (Wildman–Crippen MR) is 185 cm³/mol. The molecule has 3 fully saturated rings. The number of hydrogen-bond donors (Lipinski definition) is 2. The van der Waals surface area contributed by atoms with E-state index in [1.54, 1.807) is 56.7 Å². The first-order chi connectivity index (χ1) is 23.3. The Morgan fingerprint density at radius 3 is 2.32 bits per heavy atom. The van der Waals surface area contributed by atoms with Gasteiger partial charge in [0, 0.05) is 29.2 Å². The number of carbonyl (C=O) groups excluding carboxylic acids is 4. The number of furan rings is 1. The SMILES string of the molecule is CC(=O)OC1CC2(C)C(c3ccoc3)CC3OC32C2(C)C(=O)C(O)=C3C(C)(C)C(=O)C=CC3(C)C12.CC(=O)c1ccc(O)c(CC=C(C)C)c1. The Morgan fingerprint density at radius 1 is 1.02 bits per heavy atom. The number of fused-ring (bicyclic) bond motifs is 3. The second kappa shape index (κ2) is 11.7. The first-order valence-electron chi connectivity index (χ1n) is 17.3. The number of aliphatic hydroxyl groups excluding tert-OH is 1. The van der Waals surface area contributed by atoms with Crippen molar-refractivity contribution in [1.82, 2.24) is 0 Å². The largest absolute Gasteiger partial charge is 0.508 e. The number of ketones is 3. The average molecular weight is 685 g/mol. The van der Waals surface area contributed by atoms with Crippen LogP contribution in [0.1, 0.15) is 103 Å². The van der Waals surface area contributed by atoms with Crippen LogP contribution in [0.25, 0.3) is 0 Å². The summed E-state index contributed by atoms with van der Waals surface area (Å²) in [4.78, 5) is 50.8. The van der Waals surface area contributed by atoms with Gasteiger partial charge in [-0.3, -0.25) is 19.2 Å². The fourth-order valence-electron chi connectivity index (χ4n) is 10.5. The number of epoxide rings is 1. The molecule has 4 aliphatic carbocycles. The number of phenolic OH excluding ortho intramolecular Hbond substituents is 1. The summed E-state index contributed by atoms with van der Waals surface area (Å²) in [6.45, 7) is 16.3. The Morgan fingerprint density at radius 2 is 1.72 bits per heavy atom. The van der Waals surface area contributed by atoms with Crippen LogP contribution in [0.5, 0.6) is 5.75 Å². The van der Waals surface area contributed by atoms with Gasteiger partial charge in [-0.25, -0.2) is 0 Å². The van der Waals surface area contributed by atoms with Gasteiger partial charge in [0.25, 0.3) is 0 Å². The molecule has 1 aromatic heterocycles. The molecule has 2 heterocycles. The monoisotopic (exact) mass is 684 g/mol. The molecule has 9 heteroatoms. The van der Waals surface area contributed by atoms with E-state index < -0.39 is 51.0 Å². The molecule has 0 amide bonds. The molecule has 7 rings (SSSR count). The van der Waals surface area contributed by atoms with Gasteiger partial charge in [-0.1, -0.05) is 31.6 Å². The van der Waals surface area contributed by atoms with Gasteiger partial charge in [-0.05, 0) is 114 Å². The molecular weight excluding hydrogens is 636 g/mol. The summed E-state index contributed by atoms with van der Waals surface area (Å²) in [6, 6.07) is 6.91. The summed E-state index contributed by atoms with van der Waals surface area (Å²) in [5, 5.41) is 21.1. The van der Waals surface area contributed by atoms with E-state index in [4.69, 9.17) is 13.9 Å².